The molecule has 2 aliphatic rings. The zero-order chi connectivity index (χ0) is 25.8. The largest absolute Gasteiger partial charge is 0.397 e. The Morgan fingerprint density at radius 3 is 2.46 bits per heavy atom. The highest BCUT2D eigenvalue weighted by Gasteiger charge is 2.39. The van der Waals surface area contributed by atoms with Crippen LogP contribution in [0.4, 0.5) is 5.69 Å². The van der Waals surface area contributed by atoms with Crippen LogP contribution in [0.15, 0.2) is 71.3 Å². The van der Waals surface area contributed by atoms with Crippen molar-refractivity contribution in [2.45, 2.75) is 37.3 Å². The van der Waals surface area contributed by atoms with Gasteiger partial charge in [0.15, 0.2) is 0 Å². The first kappa shape index (κ1) is 26.2. The molecule has 0 bridgehead atoms. The second-order valence-corrected chi connectivity index (χ2v) is 11.2. The van der Waals surface area contributed by atoms with Crippen molar-refractivity contribution in [2.75, 3.05) is 32.0 Å². The highest BCUT2D eigenvalue weighted by atomic mass is 79.9. The first-order valence-electron chi connectivity index (χ1n) is 12.8. The summed E-state index contributed by atoms with van der Waals surface area (Å²) in [6, 6.07) is 19.7. The van der Waals surface area contributed by atoms with Crippen LogP contribution in [-0.4, -0.2) is 48.1 Å². The number of nitrogens with one attached hydrogen (secondary N) is 1. The van der Waals surface area contributed by atoms with E-state index in [1.54, 1.807) is 6.20 Å². The molecule has 5 rings (SSSR count). The summed E-state index contributed by atoms with van der Waals surface area (Å²) in [6.07, 6.45) is 4.40. The number of rotatable bonds is 6. The lowest BCUT2D eigenvalue weighted by molar-refractivity contribution is -0.127. The summed E-state index contributed by atoms with van der Waals surface area (Å²) in [6.45, 7) is 3.47. The van der Waals surface area contributed by atoms with E-state index in [-0.39, 0.29) is 17.7 Å². The summed E-state index contributed by atoms with van der Waals surface area (Å²) < 4.78 is 6.62. The molecule has 0 spiro atoms. The molecular formula is C29H32BrClN4O2. The number of morpholine rings is 1. The first-order chi connectivity index (χ1) is 18.0. The molecule has 1 saturated heterocycles. The van der Waals surface area contributed by atoms with Gasteiger partial charge in [-0.1, -0.05) is 51.8 Å². The number of nitrogens with zero attached hydrogens (tertiary/aromatic N) is 2. The number of aromatic nitrogens is 1. The maximum Gasteiger partial charge on any atom is 0.224 e. The van der Waals surface area contributed by atoms with Crippen molar-refractivity contribution in [3.05, 3.63) is 93.2 Å². The van der Waals surface area contributed by atoms with Crippen LogP contribution in [0.3, 0.4) is 0 Å². The number of anilines is 1. The molecule has 1 saturated carbocycles. The topological polar surface area (TPSA) is 80.5 Å². The first-order valence-corrected chi connectivity index (χ1v) is 14.0. The molecule has 1 aliphatic heterocycles. The highest BCUT2D eigenvalue weighted by molar-refractivity contribution is 9.10. The van der Waals surface area contributed by atoms with Crippen LogP contribution in [0, 0.1) is 5.92 Å². The standard InChI is InChI=1S/C29H32BrClN4O2/c30-21-5-1-19(2-6-21)26-17-24(35-13-15-37-16-14-35)10-11-25(26)29(36)34-28(20-3-7-22(31)8-4-20)27-12-9-23(32)18-33-27/h1-9,12,18,24-26,28H,10-11,13-17,32H2,(H,34,36)/t24-,25-,26+,28?/m1/s1. The third-order valence-electron chi connectivity index (χ3n) is 7.61. The van der Waals surface area contributed by atoms with E-state index < -0.39 is 6.04 Å². The maximum absolute atomic E-state index is 14.0. The van der Waals surface area contributed by atoms with Crippen molar-refractivity contribution in [1.29, 1.82) is 0 Å². The monoisotopic (exact) mass is 582 g/mol. The molecule has 37 heavy (non-hydrogen) atoms. The predicted octanol–water partition coefficient (Wildman–Crippen LogP) is 5.57. The Labute approximate surface area is 231 Å². The molecule has 1 unspecified atom stereocenters. The van der Waals surface area contributed by atoms with E-state index in [0.29, 0.717) is 16.8 Å². The molecule has 6 nitrogen and oxygen atoms in total. The Balaban J connectivity index is 1.41. The number of halogens is 2. The molecule has 1 aromatic heterocycles. The number of amides is 1. The van der Waals surface area contributed by atoms with Gasteiger partial charge in [0.1, 0.15) is 0 Å². The Hall–Kier alpha value is -2.45. The summed E-state index contributed by atoms with van der Waals surface area (Å²) in [7, 11) is 0. The van der Waals surface area contributed by atoms with Gasteiger partial charge >= 0.3 is 0 Å². The van der Waals surface area contributed by atoms with Crippen molar-refractivity contribution in [3.8, 4) is 0 Å². The van der Waals surface area contributed by atoms with E-state index in [4.69, 9.17) is 22.1 Å². The molecule has 194 valence electrons. The van der Waals surface area contributed by atoms with Gasteiger partial charge < -0.3 is 15.8 Å². The quantitative estimate of drug-likeness (QED) is 0.397. The highest BCUT2D eigenvalue weighted by Crippen LogP contribution is 2.41. The fourth-order valence-corrected chi connectivity index (χ4v) is 6.03. The molecule has 3 aromatic rings. The molecule has 2 aromatic carbocycles. The van der Waals surface area contributed by atoms with E-state index in [2.05, 4.69) is 55.4 Å². The number of ether oxygens (including phenoxy) is 1. The van der Waals surface area contributed by atoms with Crippen LogP contribution in [0.1, 0.15) is 48.0 Å². The lowest BCUT2D eigenvalue weighted by Gasteiger charge is -2.42. The van der Waals surface area contributed by atoms with Gasteiger partial charge in [-0.25, -0.2) is 0 Å². The van der Waals surface area contributed by atoms with Gasteiger partial charge in [-0.3, -0.25) is 14.7 Å². The van der Waals surface area contributed by atoms with Gasteiger partial charge in [0, 0.05) is 34.5 Å². The Kier molecular flexibility index (Phi) is 8.45. The normalized spacial score (nSPS) is 23.4. The van der Waals surface area contributed by atoms with Crippen LogP contribution < -0.4 is 11.1 Å². The van der Waals surface area contributed by atoms with Gasteiger partial charge in [-0.05, 0) is 72.7 Å². The summed E-state index contributed by atoms with van der Waals surface area (Å²) in [4.78, 5) is 21.1. The van der Waals surface area contributed by atoms with Crippen LogP contribution in [0.2, 0.25) is 5.02 Å². The number of nitrogen functional groups attached to an aromatic ring is 1. The van der Waals surface area contributed by atoms with E-state index in [9.17, 15) is 4.79 Å². The Bertz CT molecular complexity index is 1140. The van der Waals surface area contributed by atoms with E-state index >= 15 is 0 Å². The molecule has 1 amide bonds. The minimum atomic E-state index is -0.395. The van der Waals surface area contributed by atoms with Gasteiger partial charge in [-0.15, -0.1) is 0 Å². The van der Waals surface area contributed by atoms with E-state index in [1.165, 1.54) is 5.56 Å². The number of pyridine rings is 1. The third-order valence-corrected chi connectivity index (χ3v) is 8.40. The van der Waals surface area contributed by atoms with Crippen molar-refractivity contribution in [3.63, 3.8) is 0 Å². The maximum atomic E-state index is 14.0. The smallest absolute Gasteiger partial charge is 0.224 e. The number of hydrogen-bond donors (Lipinski definition) is 2. The van der Waals surface area contributed by atoms with Crippen LogP contribution >= 0.6 is 27.5 Å². The average Bonchev–Trinajstić information content (AvgIpc) is 2.93. The molecular weight excluding hydrogens is 552 g/mol. The van der Waals surface area contributed by atoms with Crippen LogP contribution in [0.5, 0.6) is 0 Å². The van der Waals surface area contributed by atoms with Crippen molar-refractivity contribution < 1.29 is 9.53 Å². The van der Waals surface area contributed by atoms with Gasteiger partial charge in [0.25, 0.3) is 0 Å². The fraction of sp³-hybridized carbons (Fsp3) is 0.379. The van der Waals surface area contributed by atoms with Gasteiger partial charge in [-0.2, -0.15) is 0 Å². The zero-order valence-corrected chi connectivity index (χ0v) is 23.0. The number of hydrogen-bond acceptors (Lipinski definition) is 5. The lowest BCUT2D eigenvalue weighted by atomic mass is 9.72. The molecule has 4 atom stereocenters. The second kappa shape index (κ2) is 11.9. The van der Waals surface area contributed by atoms with Gasteiger partial charge in [0.2, 0.25) is 5.91 Å². The molecule has 8 heteroatoms. The molecule has 3 N–H and O–H groups in total. The lowest BCUT2D eigenvalue weighted by Crippen LogP contribution is -2.48. The molecule has 2 fully saturated rings. The fourth-order valence-electron chi connectivity index (χ4n) is 5.63. The number of benzene rings is 2. The number of nitrogens with two attached hydrogens (primary N) is 1. The molecule has 0 radical (unpaired) electrons. The summed E-state index contributed by atoms with van der Waals surface area (Å²) in [5, 5.41) is 3.98. The second-order valence-electron chi connectivity index (χ2n) is 9.89. The minimum absolute atomic E-state index is 0.0481. The number of carbonyl (C=O) groups excluding carboxylic acids is 1. The zero-order valence-electron chi connectivity index (χ0n) is 20.7. The van der Waals surface area contributed by atoms with Crippen LogP contribution in [0.25, 0.3) is 0 Å². The van der Waals surface area contributed by atoms with E-state index in [0.717, 1.165) is 61.3 Å². The summed E-state index contributed by atoms with van der Waals surface area (Å²) >= 11 is 9.71. The third kappa shape index (κ3) is 6.34. The Morgan fingerprint density at radius 1 is 1.05 bits per heavy atom. The van der Waals surface area contributed by atoms with E-state index in [1.807, 2.05) is 36.4 Å². The van der Waals surface area contributed by atoms with Crippen molar-refractivity contribution in [1.82, 2.24) is 15.2 Å². The molecule has 1 aliphatic carbocycles. The minimum Gasteiger partial charge on any atom is -0.397 e. The molecule has 2 heterocycles. The number of carbonyl (C=O) groups is 1. The summed E-state index contributed by atoms with van der Waals surface area (Å²) in [5.41, 5.74) is 9.35. The van der Waals surface area contributed by atoms with Crippen molar-refractivity contribution in [2.24, 2.45) is 5.92 Å². The predicted molar refractivity (Wildman–Crippen MR) is 150 cm³/mol. The Morgan fingerprint density at radius 2 is 1.78 bits per heavy atom. The average molecular weight is 584 g/mol. The van der Waals surface area contributed by atoms with Crippen molar-refractivity contribution >= 4 is 39.1 Å². The summed E-state index contributed by atoms with van der Waals surface area (Å²) in [5.74, 6) is 0.0360. The van der Waals surface area contributed by atoms with Crippen LogP contribution in [-0.2, 0) is 9.53 Å². The van der Waals surface area contributed by atoms with Gasteiger partial charge in [0.05, 0.1) is 36.8 Å². The SMILES string of the molecule is Nc1ccc(C(NC(=O)[C@@H]2CC[C@@H](N3CCOCC3)C[C@H]2c2ccc(Br)cc2)c2ccc(Cl)cc2)nc1.